The average molecular weight is 272 g/mol. The molecular weight excluding hydrogens is 252 g/mol. The Balaban J connectivity index is 2.05. The van der Waals surface area contributed by atoms with Crippen molar-refractivity contribution < 1.29 is 14.7 Å². The molecule has 1 aliphatic heterocycles. The molecule has 0 radical (unpaired) electrons. The van der Waals surface area contributed by atoms with Crippen LogP contribution in [0.15, 0.2) is 0 Å². The molecule has 1 saturated carbocycles. The Morgan fingerprint density at radius 2 is 2.06 bits per heavy atom. The summed E-state index contributed by atoms with van der Waals surface area (Å²) in [5, 5.41) is 9.32. The van der Waals surface area contributed by atoms with Gasteiger partial charge in [0.15, 0.2) is 0 Å². The van der Waals surface area contributed by atoms with E-state index in [0.29, 0.717) is 5.25 Å². The molecule has 2 unspecified atom stereocenters. The van der Waals surface area contributed by atoms with Crippen molar-refractivity contribution in [3.63, 3.8) is 0 Å². The molecule has 0 spiro atoms. The van der Waals surface area contributed by atoms with Gasteiger partial charge in [-0.1, -0.05) is 6.92 Å². The number of urea groups is 1. The first-order valence-corrected chi connectivity index (χ1v) is 7.46. The van der Waals surface area contributed by atoms with Gasteiger partial charge in [0.25, 0.3) is 0 Å². The number of carboxylic acid groups (broad SMARTS) is 1. The summed E-state index contributed by atoms with van der Waals surface area (Å²) >= 11 is 1.87. The number of nitrogens with zero attached hydrogens (tertiary/aromatic N) is 2. The van der Waals surface area contributed by atoms with Crippen LogP contribution in [0.4, 0.5) is 4.79 Å². The molecule has 2 amide bonds. The molecule has 1 aliphatic carbocycles. The van der Waals surface area contributed by atoms with Gasteiger partial charge in [-0.3, -0.25) is 4.79 Å². The van der Waals surface area contributed by atoms with Crippen LogP contribution in [0.25, 0.3) is 0 Å². The summed E-state index contributed by atoms with van der Waals surface area (Å²) in [5.41, 5.74) is 0. The highest BCUT2D eigenvalue weighted by atomic mass is 32.2. The highest BCUT2D eigenvalue weighted by molar-refractivity contribution is 8.00. The van der Waals surface area contributed by atoms with Crippen molar-refractivity contribution in [1.29, 1.82) is 0 Å². The summed E-state index contributed by atoms with van der Waals surface area (Å²) in [7, 11) is 0. The zero-order chi connectivity index (χ0) is 13.3. The summed E-state index contributed by atoms with van der Waals surface area (Å²) in [6, 6.07) is 0.219. The lowest BCUT2D eigenvalue weighted by Crippen LogP contribution is -2.54. The molecule has 2 rings (SSSR count). The number of carbonyl (C=O) groups excluding carboxylic acids is 1. The number of rotatable bonds is 3. The number of hydrogen-bond donors (Lipinski definition) is 1. The van der Waals surface area contributed by atoms with Gasteiger partial charge in [-0.2, -0.15) is 11.8 Å². The molecular formula is C12H20N2O3S. The third kappa shape index (κ3) is 2.91. The maximum Gasteiger partial charge on any atom is 0.323 e. The Morgan fingerprint density at radius 1 is 1.39 bits per heavy atom. The van der Waals surface area contributed by atoms with Crippen LogP contribution in [0.5, 0.6) is 0 Å². The topological polar surface area (TPSA) is 60.9 Å². The number of carbonyl (C=O) groups is 2. The van der Waals surface area contributed by atoms with Gasteiger partial charge in [0, 0.05) is 29.6 Å². The second-order valence-electron chi connectivity index (χ2n) is 5.05. The van der Waals surface area contributed by atoms with Crippen molar-refractivity contribution in [3.8, 4) is 0 Å². The van der Waals surface area contributed by atoms with Crippen LogP contribution in [0, 0.1) is 0 Å². The second-order valence-corrected chi connectivity index (χ2v) is 6.53. The second kappa shape index (κ2) is 5.38. The van der Waals surface area contributed by atoms with Gasteiger partial charge < -0.3 is 14.9 Å². The van der Waals surface area contributed by atoms with Crippen molar-refractivity contribution in [2.75, 3.05) is 18.8 Å². The van der Waals surface area contributed by atoms with Crippen LogP contribution in [0.2, 0.25) is 0 Å². The molecule has 0 aromatic heterocycles. The lowest BCUT2D eigenvalue weighted by molar-refractivity contribution is -0.137. The normalized spacial score (nSPS) is 28.0. The summed E-state index contributed by atoms with van der Waals surface area (Å²) in [5.74, 6) is 0.00497. The van der Waals surface area contributed by atoms with E-state index in [-0.39, 0.29) is 24.7 Å². The van der Waals surface area contributed by atoms with Gasteiger partial charge in [-0.05, 0) is 19.8 Å². The van der Waals surface area contributed by atoms with E-state index in [2.05, 4.69) is 6.92 Å². The van der Waals surface area contributed by atoms with Crippen LogP contribution >= 0.6 is 11.8 Å². The van der Waals surface area contributed by atoms with Crippen molar-refractivity contribution in [3.05, 3.63) is 0 Å². The standard InChI is InChI=1S/C12H20N2O3S/c1-8-9(2)18-6-5-13(8)12(17)14(7-11(15)16)10-3-4-10/h8-10H,3-7H2,1-2H3,(H,15,16). The van der Waals surface area contributed by atoms with Crippen LogP contribution in [-0.4, -0.2) is 63.1 Å². The van der Waals surface area contributed by atoms with Crippen molar-refractivity contribution in [2.24, 2.45) is 0 Å². The minimum absolute atomic E-state index is 0.0976. The first-order valence-electron chi connectivity index (χ1n) is 6.41. The summed E-state index contributed by atoms with van der Waals surface area (Å²) in [6.45, 7) is 4.71. The zero-order valence-electron chi connectivity index (χ0n) is 10.8. The van der Waals surface area contributed by atoms with Crippen LogP contribution in [-0.2, 0) is 4.79 Å². The Hall–Kier alpha value is -0.910. The highest BCUT2D eigenvalue weighted by Crippen LogP contribution is 2.30. The molecule has 2 fully saturated rings. The summed E-state index contributed by atoms with van der Waals surface area (Å²) in [4.78, 5) is 26.7. The minimum Gasteiger partial charge on any atom is -0.480 e. The number of carboxylic acids is 1. The van der Waals surface area contributed by atoms with E-state index in [0.717, 1.165) is 25.1 Å². The smallest absolute Gasteiger partial charge is 0.323 e. The van der Waals surface area contributed by atoms with Gasteiger partial charge >= 0.3 is 12.0 Å². The molecule has 0 bridgehead atoms. The lowest BCUT2D eigenvalue weighted by Gasteiger charge is -2.40. The molecule has 1 N–H and O–H groups in total. The van der Waals surface area contributed by atoms with Gasteiger partial charge in [0.05, 0.1) is 0 Å². The number of hydrogen-bond acceptors (Lipinski definition) is 3. The van der Waals surface area contributed by atoms with Crippen molar-refractivity contribution in [2.45, 2.75) is 44.0 Å². The fraction of sp³-hybridized carbons (Fsp3) is 0.833. The molecule has 2 atom stereocenters. The number of amides is 2. The van der Waals surface area contributed by atoms with Crippen LogP contribution in [0.1, 0.15) is 26.7 Å². The third-order valence-corrected chi connectivity index (χ3v) is 5.01. The highest BCUT2D eigenvalue weighted by Gasteiger charge is 2.39. The Morgan fingerprint density at radius 3 is 2.61 bits per heavy atom. The largest absolute Gasteiger partial charge is 0.480 e. The maximum atomic E-state index is 12.5. The summed E-state index contributed by atoms with van der Waals surface area (Å²) in [6.07, 6.45) is 1.87. The van der Waals surface area contributed by atoms with Gasteiger partial charge in [0.2, 0.25) is 0 Å². The van der Waals surface area contributed by atoms with Gasteiger partial charge in [-0.15, -0.1) is 0 Å². The molecule has 2 aliphatic rings. The number of aliphatic carboxylic acids is 1. The number of thioether (sulfide) groups is 1. The van der Waals surface area contributed by atoms with E-state index in [9.17, 15) is 9.59 Å². The zero-order valence-corrected chi connectivity index (χ0v) is 11.7. The van der Waals surface area contributed by atoms with Crippen LogP contribution in [0.3, 0.4) is 0 Å². The van der Waals surface area contributed by atoms with E-state index < -0.39 is 5.97 Å². The van der Waals surface area contributed by atoms with Crippen LogP contribution < -0.4 is 0 Å². The van der Waals surface area contributed by atoms with Gasteiger partial charge in [0.1, 0.15) is 6.54 Å². The fourth-order valence-corrected chi connectivity index (χ4v) is 3.35. The SMILES string of the molecule is CC1SCCN(C(=O)N(CC(=O)O)C2CC2)C1C. The quantitative estimate of drug-likeness (QED) is 0.845. The van der Waals surface area contributed by atoms with Gasteiger partial charge in [-0.25, -0.2) is 4.79 Å². The Bertz CT molecular complexity index is 346. The van der Waals surface area contributed by atoms with E-state index in [1.807, 2.05) is 23.6 Å². The molecule has 6 heteroatoms. The molecule has 0 aromatic rings. The molecule has 18 heavy (non-hydrogen) atoms. The van der Waals surface area contributed by atoms with E-state index >= 15 is 0 Å². The van der Waals surface area contributed by atoms with Crippen molar-refractivity contribution in [1.82, 2.24) is 9.80 Å². The minimum atomic E-state index is -0.928. The third-order valence-electron chi connectivity index (χ3n) is 3.67. The monoisotopic (exact) mass is 272 g/mol. The van der Waals surface area contributed by atoms with E-state index in [1.54, 1.807) is 0 Å². The lowest BCUT2D eigenvalue weighted by atomic mass is 10.2. The Kier molecular flexibility index (Phi) is 4.04. The average Bonchev–Trinajstić information content (AvgIpc) is 3.12. The summed E-state index contributed by atoms with van der Waals surface area (Å²) < 4.78 is 0. The Labute approximate surface area is 112 Å². The molecule has 1 heterocycles. The van der Waals surface area contributed by atoms with E-state index in [1.165, 1.54) is 4.90 Å². The molecule has 1 saturated heterocycles. The van der Waals surface area contributed by atoms with E-state index in [4.69, 9.17) is 5.11 Å². The molecule has 102 valence electrons. The molecule has 0 aromatic carbocycles. The molecule has 5 nitrogen and oxygen atoms in total. The predicted molar refractivity (Wildman–Crippen MR) is 70.8 cm³/mol. The first kappa shape index (κ1) is 13.5. The first-order chi connectivity index (χ1) is 8.50. The maximum absolute atomic E-state index is 12.5. The fourth-order valence-electron chi connectivity index (χ4n) is 2.25. The predicted octanol–water partition coefficient (Wildman–Crippen LogP) is 1.48. The van der Waals surface area contributed by atoms with Crippen molar-refractivity contribution >= 4 is 23.8 Å².